The Labute approximate surface area is 123 Å². The molecule has 0 saturated heterocycles. The van der Waals surface area contributed by atoms with Crippen LogP contribution in [0.15, 0.2) is 18.2 Å². The van der Waals surface area contributed by atoms with Crippen LogP contribution in [0.3, 0.4) is 0 Å². The van der Waals surface area contributed by atoms with E-state index in [1.54, 1.807) is 7.11 Å². The zero-order valence-electron chi connectivity index (χ0n) is 13.4. The molecule has 0 aliphatic heterocycles. The van der Waals surface area contributed by atoms with Crippen molar-refractivity contribution in [3.63, 3.8) is 0 Å². The van der Waals surface area contributed by atoms with Gasteiger partial charge in [-0.1, -0.05) is 20.8 Å². The highest BCUT2D eigenvalue weighted by Gasteiger charge is 2.06. The van der Waals surface area contributed by atoms with E-state index in [4.69, 9.17) is 9.47 Å². The summed E-state index contributed by atoms with van der Waals surface area (Å²) in [5.41, 5.74) is 1.17. The van der Waals surface area contributed by atoms with E-state index in [1.165, 1.54) is 12.0 Å². The first-order valence-corrected chi connectivity index (χ1v) is 7.67. The molecule has 0 aliphatic carbocycles. The lowest BCUT2D eigenvalue weighted by molar-refractivity contribution is 0.293. The molecule has 3 nitrogen and oxygen atoms in total. The lowest BCUT2D eigenvalue weighted by Gasteiger charge is -2.14. The Morgan fingerprint density at radius 2 is 2.05 bits per heavy atom. The van der Waals surface area contributed by atoms with Gasteiger partial charge in [0.1, 0.15) is 11.5 Å². The lowest BCUT2D eigenvalue weighted by atomic mass is 10.1. The summed E-state index contributed by atoms with van der Waals surface area (Å²) in [6.07, 6.45) is 3.44. The van der Waals surface area contributed by atoms with Crippen LogP contribution in [0.4, 0.5) is 0 Å². The monoisotopic (exact) mass is 279 g/mol. The molecule has 3 heteroatoms. The highest BCUT2D eigenvalue weighted by atomic mass is 16.5. The molecular formula is C17H29NO2. The van der Waals surface area contributed by atoms with Gasteiger partial charge in [-0.15, -0.1) is 0 Å². The first-order valence-electron chi connectivity index (χ1n) is 7.67. The van der Waals surface area contributed by atoms with Gasteiger partial charge in [0.2, 0.25) is 0 Å². The SMILES string of the molecule is CCCNCc1cc(OC)ccc1OCCCC(C)C. The second-order valence-corrected chi connectivity index (χ2v) is 5.53. The first kappa shape index (κ1) is 16.8. The summed E-state index contributed by atoms with van der Waals surface area (Å²) < 4.78 is 11.2. The van der Waals surface area contributed by atoms with Gasteiger partial charge in [0.15, 0.2) is 0 Å². The number of rotatable bonds is 10. The van der Waals surface area contributed by atoms with E-state index >= 15 is 0 Å². The van der Waals surface area contributed by atoms with Crippen LogP contribution in [-0.2, 0) is 6.54 Å². The maximum absolute atomic E-state index is 5.92. The highest BCUT2D eigenvalue weighted by Crippen LogP contribution is 2.24. The third-order valence-corrected chi connectivity index (χ3v) is 3.19. The molecule has 0 amide bonds. The van der Waals surface area contributed by atoms with E-state index in [0.717, 1.165) is 50.0 Å². The summed E-state index contributed by atoms with van der Waals surface area (Å²) >= 11 is 0. The van der Waals surface area contributed by atoms with Crippen molar-refractivity contribution in [3.05, 3.63) is 23.8 Å². The average molecular weight is 279 g/mol. The molecule has 1 aromatic carbocycles. The molecule has 0 saturated carbocycles. The van der Waals surface area contributed by atoms with E-state index in [2.05, 4.69) is 32.2 Å². The molecule has 1 aromatic rings. The highest BCUT2D eigenvalue weighted by molar-refractivity contribution is 5.40. The standard InChI is InChI=1S/C17H29NO2/c1-5-10-18-13-15-12-16(19-4)8-9-17(15)20-11-6-7-14(2)3/h8-9,12,14,18H,5-7,10-11,13H2,1-4H3. The predicted molar refractivity (Wildman–Crippen MR) is 84.6 cm³/mol. The average Bonchev–Trinajstić information content (AvgIpc) is 2.44. The van der Waals surface area contributed by atoms with Crippen molar-refractivity contribution in [3.8, 4) is 11.5 Å². The van der Waals surface area contributed by atoms with Gasteiger partial charge >= 0.3 is 0 Å². The van der Waals surface area contributed by atoms with Crippen LogP contribution in [0.25, 0.3) is 0 Å². The first-order chi connectivity index (χ1) is 9.67. The van der Waals surface area contributed by atoms with Crippen molar-refractivity contribution in [2.45, 2.75) is 46.6 Å². The summed E-state index contributed by atoms with van der Waals surface area (Å²) in [7, 11) is 1.70. The van der Waals surface area contributed by atoms with Crippen molar-refractivity contribution in [1.82, 2.24) is 5.32 Å². The quantitative estimate of drug-likeness (QED) is 0.656. The van der Waals surface area contributed by atoms with Gasteiger partial charge in [-0.3, -0.25) is 0 Å². The molecule has 20 heavy (non-hydrogen) atoms. The van der Waals surface area contributed by atoms with Crippen LogP contribution in [0.5, 0.6) is 11.5 Å². The summed E-state index contributed by atoms with van der Waals surface area (Å²) in [5, 5.41) is 3.42. The number of hydrogen-bond donors (Lipinski definition) is 1. The summed E-state index contributed by atoms with van der Waals surface area (Å²) in [5.74, 6) is 2.59. The van der Waals surface area contributed by atoms with E-state index in [9.17, 15) is 0 Å². The van der Waals surface area contributed by atoms with E-state index < -0.39 is 0 Å². The van der Waals surface area contributed by atoms with Gasteiger partial charge in [-0.2, -0.15) is 0 Å². The number of methoxy groups -OCH3 is 1. The Balaban J connectivity index is 2.57. The molecule has 114 valence electrons. The number of benzene rings is 1. The zero-order chi connectivity index (χ0) is 14.8. The van der Waals surface area contributed by atoms with Crippen molar-refractivity contribution < 1.29 is 9.47 Å². The number of ether oxygens (including phenoxy) is 2. The summed E-state index contributed by atoms with van der Waals surface area (Å²) in [6.45, 7) is 9.28. The van der Waals surface area contributed by atoms with Crippen LogP contribution in [0.1, 0.15) is 45.6 Å². The van der Waals surface area contributed by atoms with Crippen LogP contribution >= 0.6 is 0 Å². The van der Waals surface area contributed by atoms with Gasteiger partial charge in [0, 0.05) is 12.1 Å². The molecule has 0 aliphatic rings. The number of hydrogen-bond acceptors (Lipinski definition) is 3. The van der Waals surface area contributed by atoms with Crippen molar-refractivity contribution in [2.75, 3.05) is 20.3 Å². The Bertz CT molecular complexity index is 377. The second kappa shape index (κ2) is 9.65. The zero-order valence-corrected chi connectivity index (χ0v) is 13.4. The minimum atomic E-state index is 0.736. The largest absolute Gasteiger partial charge is 0.497 e. The molecule has 0 unspecified atom stereocenters. The maximum atomic E-state index is 5.92. The summed E-state index contributed by atoms with van der Waals surface area (Å²) in [6, 6.07) is 6.03. The molecule has 1 rings (SSSR count). The number of nitrogens with one attached hydrogen (secondary N) is 1. The fourth-order valence-electron chi connectivity index (χ4n) is 2.04. The molecule has 0 spiro atoms. The van der Waals surface area contributed by atoms with Gasteiger partial charge in [-0.05, 0) is 49.9 Å². The maximum Gasteiger partial charge on any atom is 0.124 e. The minimum Gasteiger partial charge on any atom is -0.497 e. The Morgan fingerprint density at radius 3 is 2.70 bits per heavy atom. The smallest absolute Gasteiger partial charge is 0.124 e. The van der Waals surface area contributed by atoms with E-state index in [0.29, 0.717) is 0 Å². The third-order valence-electron chi connectivity index (χ3n) is 3.19. The molecule has 0 heterocycles. The van der Waals surface area contributed by atoms with Gasteiger partial charge in [0.25, 0.3) is 0 Å². The minimum absolute atomic E-state index is 0.736. The van der Waals surface area contributed by atoms with Crippen molar-refractivity contribution in [2.24, 2.45) is 5.92 Å². The molecule has 0 bridgehead atoms. The predicted octanol–water partition coefficient (Wildman–Crippen LogP) is 4.01. The van der Waals surface area contributed by atoms with Crippen LogP contribution < -0.4 is 14.8 Å². The van der Waals surface area contributed by atoms with Crippen LogP contribution in [0, 0.1) is 5.92 Å². The van der Waals surface area contributed by atoms with Crippen molar-refractivity contribution >= 4 is 0 Å². The van der Waals surface area contributed by atoms with Gasteiger partial charge < -0.3 is 14.8 Å². The van der Waals surface area contributed by atoms with Gasteiger partial charge in [0.05, 0.1) is 13.7 Å². The van der Waals surface area contributed by atoms with Crippen LogP contribution in [0.2, 0.25) is 0 Å². The molecule has 0 fully saturated rings. The van der Waals surface area contributed by atoms with Gasteiger partial charge in [-0.25, -0.2) is 0 Å². The Morgan fingerprint density at radius 1 is 1.25 bits per heavy atom. The second-order valence-electron chi connectivity index (χ2n) is 5.53. The molecule has 0 radical (unpaired) electrons. The Kier molecular flexibility index (Phi) is 8.12. The topological polar surface area (TPSA) is 30.5 Å². The third kappa shape index (κ3) is 6.29. The van der Waals surface area contributed by atoms with Crippen LogP contribution in [-0.4, -0.2) is 20.3 Å². The normalized spacial score (nSPS) is 10.8. The molecular weight excluding hydrogens is 250 g/mol. The fourth-order valence-corrected chi connectivity index (χ4v) is 2.04. The Hall–Kier alpha value is -1.22. The molecule has 0 atom stereocenters. The lowest BCUT2D eigenvalue weighted by Crippen LogP contribution is -2.15. The summed E-state index contributed by atoms with van der Waals surface area (Å²) in [4.78, 5) is 0. The van der Waals surface area contributed by atoms with Crippen molar-refractivity contribution in [1.29, 1.82) is 0 Å². The molecule has 1 N–H and O–H groups in total. The van der Waals surface area contributed by atoms with E-state index in [1.807, 2.05) is 12.1 Å². The fraction of sp³-hybridized carbons (Fsp3) is 0.647. The molecule has 0 aromatic heterocycles. The van der Waals surface area contributed by atoms with E-state index in [-0.39, 0.29) is 0 Å².